The maximum atomic E-state index is 13.5. The molecule has 0 bridgehead atoms. The Hall–Kier alpha value is -3.28. The molecule has 2 aromatic carbocycles. The number of methoxy groups -OCH3 is 4. The number of ether oxygens (including phenoxy) is 4. The third kappa shape index (κ3) is 2.34. The van der Waals surface area contributed by atoms with Gasteiger partial charge in [0.1, 0.15) is 23.0 Å². The minimum atomic E-state index is -0.323. The summed E-state index contributed by atoms with van der Waals surface area (Å²) in [6, 6.07) is 3.15. The number of carbonyl (C=O) groups excluding carboxylic acids is 2. The van der Waals surface area contributed by atoms with E-state index in [1.54, 1.807) is 12.1 Å². The summed E-state index contributed by atoms with van der Waals surface area (Å²) in [6.07, 6.45) is 5.46. The molecule has 0 aliphatic heterocycles. The molecule has 6 heteroatoms. The van der Waals surface area contributed by atoms with E-state index in [2.05, 4.69) is 0 Å². The van der Waals surface area contributed by atoms with Crippen molar-refractivity contribution in [2.75, 3.05) is 28.4 Å². The lowest BCUT2D eigenvalue weighted by molar-refractivity contribution is 0.0970. The molecule has 0 fully saturated rings. The van der Waals surface area contributed by atoms with Gasteiger partial charge in [-0.25, -0.2) is 0 Å². The van der Waals surface area contributed by atoms with Crippen LogP contribution in [-0.2, 0) is 6.42 Å². The fourth-order valence-electron chi connectivity index (χ4n) is 4.04. The Balaban J connectivity index is 2.12. The SMILES string of the molecule is COc1cc(OC)c2c(c1)C(=O)c1c(OC)c3c(c(OC)c1C2=O)CCC=C3. The highest BCUT2D eigenvalue weighted by atomic mass is 16.5. The summed E-state index contributed by atoms with van der Waals surface area (Å²) in [5.41, 5.74) is 2.55. The van der Waals surface area contributed by atoms with Gasteiger partial charge in [-0.05, 0) is 18.9 Å². The van der Waals surface area contributed by atoms with Crippen molar-refractivity contribution in [3.8, 4) is 23.0 Å². The summed E-state index contributed by atoms with van der Waals surface area (Å²) in [6.45, 7) is 0. The predicted octanol–water partition coefficient (Wildman–Crippen LogP) is 3.46. The van der Waals surface area contributed by atoms with E-state index in [4.69, 9.17) is 18.9 Å². The van der Waals surface area contributed by atoms with Gasteiger partial charge in [0.25, 0.3) is 0 Å². The van der Waals surface area contributed by atoms with Gasteiger partial charge in [0, 0.05) is 22.8 Å². The van der Waals surface area contributed by atoms with Crippen molar-refractivity contribution in [3.63, 3.8) is 0 Å². The normalized spacial score (nSPS) is 14.1. The molecule has 4 rings (SSSR count). The third-order valence-corrected chi connectivity index (χ3v) is 5.26. The summed E-state index contributed by atoms with van der Waals surface area (Å²) < 4.78 is 21.9. The number of hydrogen-bond donors (Lipinski definition) is 0. The summed E-state index contributed by atoms with van der Waals surface area (Å²) in [7, 11) is 5.97. The van der Waals surface area contributed by atoms with Gasteiger partial charge in [0.2, 0.25) is 5.78 Å². The average molecular weight is 380 g/mol. The molecule has 0 spiro atoms. The van der Waals surface area contributed by atoms with Crippen LogP contribution in [0.4, 0.5) is 0 Å². The van der Waals surface area contributed by atoms with E-state index in [0.717, 1.165) is 17.5 Å². The van der Waals surface area contributed by atoms with Gasteiger partial charge < -0.3 is 18.9 Å². The molecule has 0 atom stereocenters. The number of rotatable bonds is 4. The molecule has 0 heterocycles. The Labute approximate surface area is 162 Å². The molecule has 0 N–H and O–H groups in total. The van der Waals surface area contributed by atoms with E-state index in [9.17, 15) is 9.59 Å². The summed E-state index contributed by atoms with van der Waals surface area (Å²) in [4.78, 5) is 27.0. The number of fused-ring (bicyclic) bond motifs is 3. The highest BCUT2D eigenvalue weighted by Crippen LogP contribution is 2.47. The lowest BCUT2D eigenvalue weighted by atomic mass is 9.78. The molecule has 0 saturated carbocycles. The van der Waals surface area contributed by atoms with E-state index in [0.29, 0.717) is 23.7 Å². The third-order valence-electron chi connectivity index (χ3n) is 5.26. The summed E-state index contributed by atoms with van der Waals surface area (Å²) in [5, 5.41) is 0. The Morgan fingerprint density at radius 2 is 1.50 bits per heavy atom. The van der Waals surface area contributed by atoms with Crippen LogP contribution in [0.25, 0.3) is 6.08 Å². The highest BCUT2D eigenvalue weighted by molar-refractivity contribution is 6.31. The number of allylic oxidation sites excluding steroid dienone is 1. The van der Waals surface area contributed by atoms with E-state index in [1.807, 2.05) is 12.2 Å². The Morgan fingerprint density at radius 3 is 2.14 bits per heavy atom. The Bertz CT molecular complexity index is 1050. The fraction of sp³-hybridized carbons (Fsp3) is 0.273. The van der Waals surface area contributed by atoms with Crippen LogP contribution in [0.1, 0.15) is 49.4 Å². The van der Waals surface area contributed by atoms with Crippen molar-refractivity contribution in [2.24, 2.45) is 0 Å². The highest BCUT2D eigenvalue weighted by Gasteiger charge is 2.40. The second kappa shape index (κ2) is 6.71. The second-order valence-corrected chi connectivity index (χ2v) is 6.56. The van der Waals surface area contributed by atoms with Gasteiger partial charge in [-0.15, -0.1) is 0 Å². The molecule has 6 nitrogen and oxygen atoms in total. The van der Waals surface area contributed by atoms with E-state index >= 15 is 0 Å². The van der Waals surface area contributed by atoms with Crippen molar-refractivity contribution in [1.82, 2.24) is 0 Å². The minimum absolute atomic E-state index is 0.215. The van der Waals surface area contributed by atoms with E-state index in [1.165, 1.54) is 28.4 Å². The molecular formula is C22H20O6. The van der Waals surface area contributed by atoms with Crippen LogP contribution < -0.4 is 18.9 Å². The van der Waals surface area contributed by atoms with Crippen LogP contribution in [0.2, 0.25) is 0 Å². The molecule has 28 heavy (non-hydrogen) atoms. The van der Waals surface area contributed by atoms with Gasteiger partial charge in [0.15, 0.2) is 5.78 Å². The van der Waals surface area contributed by atoms with Crippen molar-refractivity contribution in [2.45, 2.75) is 12.8 Å². The first-order valence-corrected chi connectivity index (χ1v) is 8.90. The fourth-order valence-corrected chi connectivity index (χ4v) is 4.04. The van der Waals surface area contributed by atoms with Crippen molar-refractivity contribution in [1.29, 1.82) is 0 Å². The van der Waals surface area contributed by atoms with Gasteiger partial charge in [0.05, 0.1) is 45.1 Å². The largest absolute Gasteiger partial charge is 0.497 e. The quantitative estimate of drug-likeness (QED) is 0.690. The zero-order valence-electron chi connectivity index (χ0n) is 16.2. The van der Waals surface area contributed by atoms with Gasteiger partial charge in [-0.1, -0.05) is 12.2 Å². The van der Waals surface area contributed by atoms with E-state index < -0.39 is 0 Å². The maximum Gasteiger partial charge on any atom is 0.202 e. The first kappa shape index (κ1) is 18.1. The number of benzene rings is 2. The average Bonchev–Trinajstić information content (AvgIpc) is 2.74. The van der Waals surface area contributed by atoms with Gasteiger partial charge >= 0.3 is 0 Å². The van der Waals surface area contributed by atoms with Crippen LogP contribution in [0.15, 0.2) is 18.2 Å². The lowest BCUT2D eigenvalue weighted by Crippen LogP contribution is -2.25. The monoisotopic (exact) mass is 380 g/mol. The molecule has 2 aliphatic carbocycles. The van der Waals surface area contributed by atoms with Crippen molar-refractivity contribution < 1.29 is 28.5 Å². The summed E-state index contributed by atoms with van der Waals surface area (Å²) >= 11 is 0. The Kier molecular flexibility index (Phi) is 4.34. The number of hydrogen-bond acceptors (Lipinski definition) is 6. The van der Waals surface area contributed by atoms with E-state index in [-0.39, 0.29) is 39.6 Å². The first-order valence-electron chi connectivity index (χ1n) is 8.90. The molecular weight excluding hydrogens is 360 g/mol. The molecule has 144 valence electrons. The molecule has 2 aliphatic rings. The minimum Gasteiger partial charge on any atom is -0.497 e. The standard InChI is InChI=1S/C22H20O6/c1-25-11-9-14-16(15(10-11)26-2)20(24)18-17(19(14)23)21(27-3)12-7-5-6-8-13(12)22(18)28-4/h5,7,9-10H,6,8H2,1-4H3. The van der Waals surface area contributed by atoms with Crippen LogP contribution in [-0.4, -0.2) is 40.0 Å². The number of ketones is 2. The number of carbonyl (C=O) groups is 2. The summed E-state index contributed by atoms with van der Waals surface area (Å²) in [5.74, 6) is 0.904. The molecule has 0 radical (unpaired) electrons. The van der Waals surface area contributed by atoms with Crippen LogP contribution in [0, 0.1) is 0 Å². The zero-order chi connectivity index (χ0) is 20.0. The predicted molar refractivity (Wildman–Crippen MR) is 103 cm³/mol. The molecule has 0 unspecified atom stereocenters. The van der Waals surface area contributed by atoms with Crippen LogP contribution in [0.3, 0.4) is 0 Å². The smallest absolute Gasteiger partial charge is 0.202 e. The zero-order valence-corrected chi connectivity index (χ0v) is 16.2. The van der Waals surface area contributed by atoms with Gasteiger partial charge in [-0.2, -0.15) is 0 Å². The Morgan fingerprint density at radius 1 is 0.786 bits per heavy atom. The molecule has 2 aromatic rings. The molecule has 0 amide bonds. The second-order valence-electron chi connectivity index (χ2n) is 6.56. The molecule has 0 aromatic heterocycles. The van der Waals surface area contributed by atoms with Crippen LogP contribution in [0.5, 0.6) is 23.0 Å². The van der Waals surface area contributed by atoms with Crippen LogP contribution >= 0.6 is 0 Å². The topological polar surface area (TPSA) is 71.1 Å². The van der Waals surface area contributed by atoms with Crippen molar-refractivity contribution in [3.05, 3.63) is 51.6 Å². The van der Waals surface area contributed by atoms with Gasteiger partial charge in [-0.3, -0.25) is 9.59 Å². The first-order chi connectivity index (χ1) is 13.6. The maximum absolute atomic E-state index is 13.5. The molecule has 0 saturated heterocycles. The lowest BCUT2D eigenvalue weighted by Gasteiger charge is -2.28. The van der Waals surface area contributed by atoms with Crippen molar-refractivity contribution >= 4 is 17.6 Å².